The van der Waals surface area contributed by atoms with Crippen LogP contribution in [-0.4, -0.2) is 17.9 Å². The van der Waals surface area contributed by atoms with Crippen molar-refractivity contribution < 1.29 is 14.7 Å². The van der Waals surface area contributed by atoms with Crippen LogP contribution in [0.2, 0.25) is 0 Å². The van der Waals surface area contributed by atoms with Crippen LogP contribution < -0.4 is 10.4 Å². The van der Waals surface area contributed by atoms with Gasteiger partial charge in [0.25, 0.3) is 0 Å². The van der Waals surface area contributed by atoms with Gasteiger partial charge in [-0.1, -0.05) is 46.0 Å². The highest BCUT2D eigenvalue weighted by Crippen LogP contribution is 2.22. The lowest BCUT2D eigenvalue weighted by molar-refractivity contribution is -0.313. The van der Waals surface area contributed by atoms with Crippen molar-refractivity contribution in [2.24, 2.45) is 11.8 Å². The highest BCUT2D eigenvalue weighted by molar-refractivity contribution is 5.77. The number of nitrogens with one attached hydrogen (secondary N) is 1. The van der Waals surface area contributed by atoms with Crippen LogP contribution in [0, 0.1) is 11.8 Å². The van der Waals surface area contributed by atoms with Crippen LogP contribution in [-0.2, 0) is 9.59 Å². The minimum absolute atomic E-state index is 0.00727. The van der Waals surface area contributed by atoms with E-state index >= 15 is 0 Å². The topological polar surface area (TPSA) is 69.2 Å². The van der Waals surface area contributed by atoms with Gasteiger partial charge in [0.15, 0.2) is 0 Å². The first-order valence-corrected chi connectivity index (χ1v) is 8.04. The molecule has 1 aliphatic rings. The summed E-state index contributed by atoms with van der Waals surface area (Å²) in [5.74, 6) is -1.69. The van der Waals surface area contributed by atoms with Gasteiger partial charge < -0.3 is 15.2 Å². The number of carboxylic acids is 1. The molecule has 4 heteroatoms. The summed E-state index contributed by atoms with van der Waals surface area (Å²) in [5.41, 5.74) is 0. The molecule has 0 aliphatic heterocycles. The highest BCUT2D eigenvalue weighted by Gasteiger charge is 2.22. The summed E-state index contributed by atoms with van der Waals surface area (Å²) < 4.78 is 0. The van der Waals surface area contributed by atoms with Crippen molar-refractivity contribution in [2.75, 3.05) is 0 Å². The van der Waals surface area contributed by atoms with Gasteiger partial charge in [-0.3, -0.25) is 4.79 Å². The van der Waals surface area contributed by atoms with Crippen LogP contribution in [0.4, 0.5) is 0 Å². The monoisotopic (exact) mass is 282 g/mol. The second-order valence-electron chi connectivity index (χ2n) is 6.15. The van der Waals surface area contributed by atoms with Gasteiger partial charge in [0.05, 0.1) is 0 Å². The molecule has 1 amide bonds. The fraction of sp³-hybridized carbons (Fsp3) is 0.875. The minimum Gasteiger partial charge on any atom is -0.550 e. The number of hydrogen-bond donors (Lipinski definition) is 1. The Hall–Kier alpha value is -1.06. The second kappa shape index (κ2) is 8.98. The number of carboxylic acid groups (broad SMARTS) is 1. The third-order valence-electron chi connectivity index (χ3n) is 4.34. The summed E-state index contributed by atoms with van der Waals surface area (Å²) in [6.45, 7) is 3.88. The molecule has 1 fully saturated rings. The van der Waals surface area contributed by atoms with Crippen LogP contribution in [0.15, 0.2) is 0 Å². The highest BCUT2D eigenvalue weighted by atomic mass is 16.4. The third kappa shape index (κ3) is 5.93. The van der Waals surface area contributed by atoms with Gasteiger partial charge in [-0.25, -0.2) is 0 Å². The molecular formula is C16H28NO3-. The largest absolute Gasteiger partial charge is 0.550 e. The first-order valence-electron chi connectivity index (χ1n) is 8.04. The predicted octanol–water partition coefficient (Wildman–Crippen LogP) is 2.02. The van der Waals surface area contributed by atoms with Crippen molar-refractivity contribution in [3.63, 3.8) is 0 Å². The van der Waals surface area contributed by atoms with Crippen molar-refractivity contribution in [3.05, 3.63) is 0 Å². The average Bonchev–Trinajstić information content (AvgIpc) is 2.39. The maximum atomic E-state index is 12.0. The molecule has 0 aromatic rings. The van der Waals surface area contributed by atoms with Crippen LogP contribution >= 0.6 is 0 Å². The van der Waals surface area contributed by atoms with E-state index in [0.29, 0.717) is 18.9 Å². The molecule has 0 saturated heterocycles. The SMILES string of the molecule is CCCC[C@H](C(=O)[O-])[C@H](C)CC(=O)NC1CCCCC1. The lowest BCUT2D eigenvalue weighted by Crippen LogP contribution is -2.40. The normalized spacial score (nSPS) is 19.3. The number of aliphatic carboxylic acids is 1. The second-order valence-corrected chi connectivity index (χ2v) is 6.15. The number of amides is 1. The maximum absolute atomic E-state index is 12.0. The molecule has 0 aromatic carbocycles. The van der Waals surface area contributed by atoms with E-state index in [9.17, 15) is 14.7 Å². The van der Waals surface area contributed by atoms with Crippen LogP contribution in [0.5, 0.6) is 0 Å². The van der Waals surface area contributed by atoms with Gasteiger partial charge in [-0.15, -0.1) is 0 Å². The Kier molecular flexibility index (Phi) is 7.63. The maximum Gasteiger partial charge on any atom is 0.220 e. The Morgan fingerprint density at radius 2 is 1.90 bits per heavy atom. The van der Waals surface area contributed by atoms with E-state index in [0.717, 1.165) is 25.7 Å². The predicted molar refractivity (Wildman–Crippen MR) is 76.8 cm³/mol. The Balaban J connectivity index is 2.39. The summed E-state index contributed by atoms with van der Waals surface area (Å²) >= 11 is 0. The number of carbonyl (C=O) groups excluding carboxylic acids is 2. The molecule has 0 spiro atoms. The van der Waals surface area contributed by atoms with Crippen molar-refractivity contribution >= 4 is 11.9 Å². The Bertz CT molecular complexity index is 311. The summed E-state index contributed by atoms with van der Waals surface area (Å²) in [5, 5.41) is 14.2. The van der Waals surface area contributed by atoms with Crippen molar-refractivity contribution in [1.82, 2.24) is 5.32 Å². The Morgan fingerprint density at radius 3 is 2.45 bits per heavy atom. The summed E-state index contributed by atoms with van der Waals surface area (Å²) in [6, 6.07) is 0.292. The smallest absolute Gasteiger partial charge is 0.220 e. The number of carbonyl (C=O) groups is 2. The zero-order chi connectivity index (χ0) is 15.0. The van der Waals surface area contributed by atoms with Crippen molar-refractivity contribution in [3.8, 4) is 0 Å². The summed E-state index contributed by atoms with van der Waals surface area (Å²) in [6.07, 6.45) is 8.46. The Labute approximate surface area is 122 Å². The lowest BCUT2D eigenvalue weighted by atomic mass is 9.86. The van der Waals surface area contributed by atoms with Crippen LogP contribution in [0.1, 0.15) is 71.6 Å². The Morgan fingerprint density at radius 1 is 1.25 bits per heavy atom. The first kappa shape index (κ1) is 17.0. The van der Waals surface area contributed by atoms with Gasteiger partial charge >= 0.3 is 0 Å². The van der Waals surface area contributed by atoms with Gasteiger partial charge in [0, 0.05) is 24.3 Å². The van der Waals surface area contributed by atoms with E-state index in [1.807, 2.05) is 13.8 Å². The molecule has 2 atom stereocenters. The molecule has 0 unspecified atom stereocenters. The van der Waals surface area contributed by atoms with E-state index in [-0.39, 0.29) is 11.8 Å². The summed E-state index contributed by atoms with van der Waals surface area (Å²) in [7, 11) is 0. The molecule has 20 heavy (non-hydrogen) atoms. The molecule has 0 aromatic heterocycles. The molecule has 116 valence electrons. The van der Waals surface area contributed by atoms with Gasteiger partial charge in [0.1, 0.15) is 0 Å². The zero-order valence-electron chi connectivity index (χ0n) is 12.8. The van der Waals surface area contributed by atoms with Crippen molar-refractivity contribution in [1.29, 1.82) is 0 Å². The summed E-state index contributed by atoms with van der Waals surface area (Å²) in [4.78, 5) is 23.2. The molecule has 1 aliphatic carbocycles. The van der Waals surface area contributed by atoms with Gasteiger partial charge in [0.2, 0.25) is 5.91 Å². The molecule has 0 radical (unpaired) electrons. The van der Waals surface area contributed by atoms with Crippen LogP contribution in [0.3, 0.4) is 0 Å². The van der Waals surface area contributed by atoms with Gasteiger partial charge in [-0.2, -0.15) is 0 Å². The molecule has 1 rings (SSSR count). The standard InChI is InChI=1S/C16H29NO3/c1-3-4-10-14(16(19)20)12(2)11-15(18)17-13-8-6-5-7-9-13/h12-14H,3-11H2,1-2H3,(H,17,18)(H,19,20)/p-1/t12-,14+/m1/s1. The quantitative estimate of drug-likeness (QED) is 0.740. The number of unbranched alkanes of at least 4 members (excludes halogenated alkanes) is 1. The average molecular weight is 282 g/mol. The number of rotatable bonds is 8. The van der Waals surface area contributed by atoms with Crippen molar-refractivity contribution in [2.45, 2.75) is 77.7 Å². The fourth-order valence-electron chi connectivity index (χ4n) is 3.03. The minimum atomic E-state index is -1.02. The fourth-order valence-corrected chi connectivity index (χ4v) is 3.03. The van der Waals surface area contributed by atoms with E-state index in [2.05, 4.69) is 5.32 Å². The van der Waals surface area contributed by atoms with E-state index in [1.54, 1.807) is 0 Å². The van der Waals surface area contributed by atoms with E-state index < -0.39 is 11.9 Å². The molecular weight excluding hydrogens is 254 g/mol. The van der Waals surface area contributed by atoms with E-state index in [1.165, 1.54) is 19.3 Å². The zero-order valence-corrected chi connectivity index (χ0v) is 12.8. The third-order valence-corrected chi connectivity index (χ3v) is 4.34. The molecule has 4 nitrogen and oxygen atoms in total. The van der Waals surface area contributed by atoms with E-state index in [4.69, 9.17) is 0 Å². The number of hydrogen-bond acceptors (Lipinski definition) is 3. The van der Waals surface area contributed by atoms with Gasteiger partial charge in [-0.05, 0) is 25.2 Å². The molecule has 1 saturated carbocycles. The lowest BCUT2D eigenvalue weighted by Gasteiger charge is -2.27. The van der Waals surface area contributed by atoms with Crippen LogP contribution in [0.25, 0.3) is 0 Å². The molecule has 0 bridgehead atoms. The molecule has 1 N–H and O–H groups in total. The molecule has 0 heterocycles. The first-order chi connectivity index (χ1) is 9.54.